The quantitative estimate of drug-likeness (QED) is 0.778. The fraction of sp³-hybridized carbons (Fsp3) is 0.636. The Kier molecular flexibility index (Phi) is 3.44. The first-order valence-electron chi connectivity index (χ1n) is 5.86. The van der Waals surface area contributed by atoms with Crippen LogP contribution in [0.2, 0.25) is 0 Å². The summed E-state index contributed by atoms with van der Waals surface area (Å²) < 4.78 is 7.28. The van der Waals surface area contributed by atoms with Gasteiger partial charge in [-0.1, -0.05) is 6.92 Å². The van der Waals surface area contributed by atoms with Crippen LogP contribution in [0.1, 0.15) is 26.0 Å². The summed E-state index contributed by atoms with van der Waals surface area (Å²) in [5, 5.41) is 0. The lowest BCUT2D eigenvalue weighted by Crippen LogP contribution is -2.30. The second kappa shape index (κ2) is 4.85. The van der Waals surface area contributed by atoms with E-state index in [0.717, 1.165) is 12.8 Å². The molecule has 0 aliphatic carbocycles. The second-order valence-electron chi connectivity index (χ2n) is 4.33. The number of anilines is 1. The first kappa shape index (κ1) is 12.1. The van der Waals surface area contributed by atoms with Crippen molar-refractivity contribution in [3.05, 3.63) is 22.7 Å². The van der Waals surface area contributed by atoms with Crippen molar-refractivity contribution in [3.8, 4) is 0 Å². The zero-order valence-electron chi connectivity index (χ0n) is 9.87. The van der Waals surface area contributed by atoms with Crippen molar-refractivity contribution in [3.63, 3.8) is 0 Å². The highest BCUT2D eigenvalue weighted by Gasteiger charge is 2.35. The predicted molar refractivity (Wildman–Crippen MR) is 64.3 cm³/mol. The van der Waals surface area contributed by atoms with E-state index in [1.165, 1.54) is 4.57 Å². The summed E-state index contributed by atoms with van der Waals surface area (Å²) in [6.45, 7) is 2.56. The highest BCUT2D eigenvalue weighted by molar-refractivity contribution is 5.23. The molecule has 4 N–H and O–H groups in total. The number of hydrogen-bond donors (Lipinski definition) is 2. The van der Waals surface area contributed by atoms with Crippen LogP contribution in [0.3, 0.4) is 0 Å². The molecule has 3 atom stereocenters. The average Bonchev–Trinajstić information content (AvgIpc) is 2.72. The standard InChI is InChI=1S/C11H18N4O2/c1-2-7-5-8(6-12)17-10(7)15-4-3-9(13)14-11(15)16/h3-4,7-8,10H,2,5-6,12H2,1H3,(H2,13,14,16)/t7?,8-,10+/m0/s1. The molecule has 0 amide bonds. The molecule has 1 aromatic rings. The SMILES string of the molecule is CCC1C[C@@H](CN)O[C@H]1n1ccc(N)nc1=O. The van der Waals surface area contributed by atoms with Crippen molar-refractivity contribution >= 4 is 5.82 Å². The fourth-order valence-corrected chi connectivity index (χ4v) is 2.25. The molecule has 0 saturated carbocycles. The molecular formula is C11H18N4O2. The Morgan fingerprint density at radius 2 is 2.41 bits per heavy atom. The van der Waals surface area contributed by atoms with Gasteiger partial charge in [0.1, 0.15) is 12.0 Å². The molecule has 2 rings (SSSR count). The van der Waals surface area contributed by atoms with Crippen molar-refractivity contribution in [1.82, 2.24) is 9.55 Å². The normalized spacial score (nSPS) is 28.5. The van der Waals surface area contributed by atoms with Gasteiger partial charge in [0, 0.05) is 18.7 Å². The smallest absolute Gasteiger partial charge is 0.351 e. The van der Waals surface area contributed by atoms with E-state index in [4.69, 9.17) is 16.2 Å². The van der Waals surface area contributed by atoms with Crippen LogP contribution < -0.4 is 17.2 Å². The zero-order valence-corrected chi connectivity index (χ0v) is 9.87. The lowest BCUT2D eigenvalue weighted by atomic mass is 10.0. The first-order valence-corrected chi connectivity index (χ1v) is 5.86. The van der Waals surface area contributed by atoms with Gasteiger partial charge in [0.05, 0.1) is 6.10 Å². The minimum absolute atomic E-state index is 0.0226. The third kappa shape index (κ3) is 2.32. The van der Waals surface area contributed by atoms with Crippen LogP contribution in [0.4, 0.5) is 5.82 Å². The average molecular weight is 238 g/mol. The van der Waals surface area contributed by atoms with Gasteiger partial charge in [0.2, 0.25) is 0 Å². The van der Waals surface area contributed by atoms with E-state index in [-0.39, 0.29) is 23.8 Å². The van der Waals surface area contributed by atoms with Crippen LogP contribution in [0.5, 0.6) is 0 Å². The second-order valence-corrected chi connectivity index (χ2v) is 4.33. The minimum Gasteiger partial charge on any atom is -0.383 e. The molecule has 1 saturated heterocycles. The van der Waals surface area contributed by atoms with Crippen LogP contribution in [-0.4, -0.2) is 22.2 Å². The summed E-state index contributed by atoms with van der Waals surface area (Å²) in [6.07, 6.45) is 3.21. The summed E-state index contributed by atoms with van der Waals surface area (Å²) in [5.41, 5.74) is 10.7. The molecule has 1 unspecified atom stereocenters. The van der Waals surface area contributed by atoms with Crippen molar-refractivity contribution in [1.29, 1.82) is 0 Å². The molecule has 1 aliphatic rings. The summed E-state index contributed by atoms with van der Waals surface area (Å²) in [5.74, 6) is 0.527. The maximum absolute atomic E-state index is 11.7. The largest absolute Gasteiger partial charge is 0.383 e. The van der Waals surface area contributed by atoms with Gasteiger partial charge in [-0.3, -0.25) is 4.57 Å². The van der Waals surface area contributed by atoms with Crippen LogP contribution in [0, 0.1) is 5.92 Å². The molecule has 6 nitrogen and oxygen atoms in total. The van der Waals surface area contributed by atoms with Gasteiger partial charge in [-0.05, 0) is 18.9 Å². The Morgan fingerprint density at radius 3 is 3.00 bits per heavy atom. The number of rotatable bonds is 3. The van der Waals surface area contributed by atoms with Gasteiger partial charge >= 0.3 is 5.69 Å². The topological polar surface area (TPSA) is 96.2 Å². The fourth-order valence-electron chi connectivity index (χ4n) is 2.25. The van der Waals surface area contributed by atoms with Gasteiger partial charge in [0.15, 0.2) is 0 Å². The van der Waals surface area contributed by atoms with Gasteiger partial charge in [-0.2, -0.15) is 4.98 Å². The summed E-state index contributed by atoms with van der Waals surface area (Å²) >= 11 is 0. The Labute approximate surface area is 99.6 Å². The predicted octanol–water partition coefficient (Wildman–Crippen LogP) is 0.0979. The Bertz CT molecular complexity index is 445. The molecule has 94 valence electrons. The molecule has 17 heavy (non-hydrogen) atoms. The lowest BCUT2D eigenvalue weighted by molar-refractivity contribution is -0.0121. The van der Waals surface area contributed by atoms with Gasteiger partial charge in [-0.15, -0.1) is 0 Å². The summed E-state index contributed by atoms with van der Waals surface area (Å²) in [6, 6.07) is 1.60. The molecule has 1 aromatic heterocycles. The highest BCUT2D eigenvalue weighted by Crippen LogP contribution is 2.35. The zero-order chi connectivity index (χ0) is 12.4. The van der Waals surface area contributed by atoms with E-state index in [0.29, 0.717) is 12.5 Å². The summed E-state index contributed by atoms with van der Waals surface area (Å²) in [7, 11) is 0. The third-order valence-corrected chi connectivity index (χ3v) is 3.21. The van der Waals surface area contributed by atoms with Crippen LogP contribution in [-0.2, 0) is 4.74 Å². The number of nitrogen functional groups attached to an aromatic ring is 1. The molecule has 0 spiro atoms. The lowest BCUT2D eigenvalue weighted by Gasteiger charge is -2.19. The van der Waals surface area contributed by atoms with Crippen LogP contribution in [0.15, 0.2) is 17.1 Å². The monoisotopic (exact) mass is 238 g/mol. The first-order chi connectivity index (χ1) is 8.15. The molecule has 0 bridgehead atoms. The molecule has 1 aliphatic heterocycles. The minimum atomic E-state index is -0.369. The molecule has 0 aromatic carbocycles. The van der Waals surface area contributed by atoms with E-state index >= 15 is 0 Å². The van der Waals surface area contributed by atoms with Gasteiger partial charge in [0.25, 0.3) is 0 Å². The van der Waals surface area contributed by atoms with Crippen molar-refractivity contribution in [2.45, 2.75) is 32.1 Å². The Hall–Kier alpha value is -1.40. The number of ether oxygens (including phenoxy) is 1. The Morgan fingerprint density at radius 1 is 1.65 bits per heavy atom. The number of nitrogens with zero attached hydrogens (tertiary/aromatic N) is 2. The van der Waals surface area contributed by atoms with E-state index in [1.807, 2.05) is 0 Å². The molecule has 2 heterocycles. The molecule has 1 fully saturated rings. The maximum atomic E-state index is 11.7. The van der Waals surface area contributed by atoms with Crippen LogP contribution in [0.25, 0.3) is 0 Å². The van der Waals surface area contributed by atoms with Gasteiger partial charge < -0.3 is 16.2 Å². The van der Waals surface area contributed by atoms with Gasteiger partial charge in [-0.25, -0.2) is 4.79 Å². The molecular weight excluding hydrogens is 220 g/mol. The molecule has 0 radical (unpaired) electrons. The van der Waals surface area contributed by atoms with Crippen molar-refractivity contribution in [2.75, 3.05) is 12.3 Å². The number of hydrogen-bond acceptors (Lipinski definition) is 5. The number of nitrogens with two attached hydrogens (primary N) is 2. The summed E-state index contributed by atoms with van der Waals surface area (Å²) in [4.78, 5) is 15.5. The van der Waals surface area contributed by atoms with E-state index in [9.17, 15) is 4.79 Å². The van der Waals surface area contributed by atoms with Crippen LogP contribution >= 0.6 is 0 Å². The maximum Gasteiger partial charge on any atom is 0.351 e. The molecule has 6 heteroatoms. The van der Waals surface area contributed by atoms with E-state index < -0.39 is 0 Å². The number of aromatic nitrogens is 2. The Balaban J connectivity index is 2.29. The van der Waals surface area contributed by atoms with Crippen molar-refractivity contribution in [2.24, 2.45) is 11.7 Å². The third-order valence-electron chi connectivity index (χ3n) is 3.21. The van der Waals surface area contributed by atoms with E-state index in [1.54, 1.807) is 12.3 Å². The van der Waals surface area contributed by atoms with Crippen molar-refractivity contribution < 1.29 is 4.74 Å². The van der Waals surface area contributed by atoms with E-state index in [2.05, 4.69) is 11.9 Å². The highest BCUT2D eigenvalue weighted by atomic mass is 16.5.